The second-order valence-electron chi connectivity index (χ2n) is 4.28. The molecule has 3 nitrogen and oxygen atoms in total. The van der Waals surface area contributed by atoms with Crippen LogP contribution in [-0.2, 0) is 0 Å². The molecule has 88 valence electrons. The predicted octanol–water partition coefficient (Wildman–Crippen LogP) is 2.46. The van der Waals surface area contributed by atoms with E-state index in [1.165, 1.54) is 0 Å². The van der Waals surface area contributed by atoms with Crippen LogP contribution in [0.2, 0.25) is 5.02 Å². The van der Waals surface area contributed by atoms with Crippen LogP contribution in [0.3, 0.4) is 0 Å². The van der Waals surface area contributed by atoms with Gasteiger partial charge >= 0.3 is 0 Å². The fraction of sp³-hybridized carbons (Fsp3) is 0.500. The normalized spacial score (nSPS) is 24.6. The average Bonchev–Trinajstić information content (AvgIpc) is 2.70. The third-order valence-corrected chi connectivity index (χ3v) is 3.25. The second-order valence-corrected chi connectivity index (χ2v) is 4.72. The summed E-state index contributed by atoms with van der Waals surface area (Å²) in [5.41, 5.74) is 6.38. The zero-order chi connectivity index (χ0) is 11.5. The van der Waals surface area contributed by atoms with E-state index < -0.39 is 0 Å². The number of hydrogen-bond acceptors (Lipinski definition) is 3. The molecule has 0 heterocycles. The number of anilines is 1. The van der Waals surface area contributed by atoms with E-state index in [4.69, 9.17) is 27.2 Å². The number of aliphatic hydroxyl groups is 1. The maximum atomic E-state index is 9.04. The third-order valence-electron chi connectivity index (χ3n) is 3.02. The van der Waals surface area contributed by atoms with Gasteiger partial charge in [-0.25, -0.2) is 0 Å². The van der Waals surface area contributed by atoms with Gasteiger partial charge in [0.1, 0.15) is 5.75 Å². The van der Waals surface area contributed by atoms with Gasteiger partial charge in [-0.2, -0.15) is 0 Å². The van der Waals surface area contributed by atoms with E-state index in [1.54, 1.807) is 18.2 Å². The number of halogens is 1. The van der Waals surface area contributed by atoms with Gasteiger partial charge in [-0.05, 0) is 43.4 Å². The molecule has 0 radical (unpaired) electrons. The number of benzene rings is 1. The van der Waals surface area contributed by atoms with Crippen molar-refractivity contribution >= 4 is 17.3 Å². The Hall–Kier alpha value is -0.930. The lowest BCUT2D eigenvalue weighted by atomic mass is 10.1. The van der Waals surface area contributed by atoms with Crippen LogP contribution in [0.1, 0.15) is 19.3 Å². The molecular formula is C12H16ClNO2. The van der Waals surface area contributed by atoms with Crippen LogP contribution in [0, 0.1) is 5.92 Å². The number of aliphatic hydroxyl groups excluding tert-OH is 1. The summed E-state index contributed by atoms with van der Waals surface area (Å²) in [6, 6.07) is 5.25. The van der Waals surface area contributed by atoms with Crippen LogP contribution in [0.25, 0.3) is 0 Å². The summed E-state index contributed by atoms with van der Waals surface area (Å²) in [7, 11) is 0. The highest BCUT2D eigenvalue weighted by Gasteiger charge is 2.25. The van der Waals surface area contributed by atoms with Crippen LogP contribution in [-0.4, -0.2) is 17.8 Å². The van der Waals surface area contributed by atoms with Gasteiger partial charge in [-0.3, -0.25) is 0 Å². The number of nitrogen functional groups attached to an aromatic ring is 1. The van der Waals surface area contributed by atoms with Gasteiger partial charge < -0.3 is 15.6 Å². The highest BCUT2D eigenvalue weighted by atomic mass is 35.5. The Morgan fingerprint density at radius 2 is 2.25 bits per heavy atom. The zero-order valence-corrected chi connectivity index (χ0v) is 9.78. The summed E-state index contributed by atoms with van der Waals surface area (Å²) in [6.45, 7) is 0.246. The maximum absolute atomic E-state index is 9.04. The van der Waals surface area contributed by atoms with Gasteiger partial charge in [-0.1, -0.05) is 11.6 Å². The highest BCUT2D eigenvalue weighted by molar-refractivity contribution is 6.30. The smallest absolute Gasteiger partial charge is 0.142 e. The maximum Gasteiger partial charge on any atom is 0.142 e. The minimum absolute atomic E-state index is 0.167. The van der Waals surface area contributed by atoms with Crippen molar-refractivity contribution in [2.45, 2.75) is 25.4 Å². The molecule has 3 N–H and O–H groups in total. The summed E-state index contributed by atoms with van der Waals surface area (Å²) in [4.78, 5) is 0. The van der Waals surface area contributed by atoms with Crippen molar-refractivity contribution in [2.24, 2.45) is 5.92 Å². The van der Waals surface area contributed by atoms with Crippen molar-refractivity contribution in [3.8, 4) is 5.75 Å². The van der Waals surface area contributed by atoms with Crippen LogP contribution in [0.5, 0.6) is 5.75 Å². The average molecular weight is 242 g/mol. The molecule has 0 aliphatic heterocycles. The Labute approximate surface area is 100 Å². The molecule has 1 aromatic rings. The summed E-state index contributed by atoms with van der Waals surface area (Å²) in [5.74, 6) is 1.06. The largest absolute Gasteiger partial charge is 0.488 e. The highest BCUT2D eigenvalue weighted by Crippen LogP contribution is 2.32. The molecule has 0 saturated heterocycles. The van der Waals surface area contributed by atoms with E-state index in [0.717, 1.165) is 19.3 Å². The molecule has 1 fully saturated rings. The fourth-order valence-corrected chi connectivity index (χ4v) is 2.29. The molecule has 16 heavy (non-hydrogen) atoms. The first-order valence-electron chi connectivity index (χ1n) is 5.51. The molecule has 2 rings (SSSR count). The first kappa shape index (κ1) is 11.6. The number of rotatable bonds is 3. The van der Waals surface area contributed by atoms with Gasteiger partial charge in [0.05, 0.1) is 11.8 Å². The standard InChI is InChI=1S/C12H16ClNO2/c13-9-2-4-12(11(14)6-9)16-10-3-1-8(5-10)7-15/h2,4,6,8,10,15H,1,3,5,7,14H2/t8-,10+/m0/s1. The van der Waals surface area contributed by atoms with Gasteiger partial charge in [0, 0.05) is 11.6 Å². The molecule has 1 aliphatic carbocycles. The Bertz CT molecular complexity index is 370. The molecule has 1 aliphatic rings. The predicted molar refractivity (Wildman–Crippen MR) is 64.7 cm³/mol. The van der Waals surface area contributed by atoms with Crippen molar-refractivity contribution < 1.29 is 9.84 Å². The van der Waals surface area contributed by atoms with Crippen LogP contribution in [0.4, 0.5) is 5.69 Å². The summed E-state index contributed by atoms with van der Waals surface area (Å²) >= 11 is 5.81. The number of ether oxygens (including phenoxy) is 1. The molecule has 0 amide bonds. The fourth-order valence-electron chi connectivity index (χ4n) is 2.11. The van der Waals surface area contributed by atoms with Crippen LogP contribution < -0.4 is 10.5 Å². The zero-order valence-electron chi connectivity index (χ0n) is 9.03. The van der Waals surface area contributed by atoms with Gasteiger partial charge in [0.2, 0.25) is 0 Å². The summed E-state index contributed by atoms with van der Waals surface area (Å²) < 4.78 is 5.80. The monoisotopic (exact) mass is 241 g/mol. The van der Waals surface area contributed by atoms with Crippen molar-refractivity contribution in [2.75, 3.05) is 12.3 Å². The molecule has 0 spiro atoms. The first-order chi connectivity index (χ1) is 7.69. The quantitative estimate of drug-likeness (QED) is 0.800. The SMILES string of the molecule is Nc1cc(Cl)ccc1O[C@@H]1CC[C@H](CO)C1. The minimum Gasteiger partial charge on any atom is -0.488 e. The molecule has 0 aromatic heterocycles. The number of hydrogen-bond donors (Lipinski definition) is 2. The Morgan fingerprint density at radius 1 is 1.44 bits per heavy atom. The molecule has 1 aromatic carbocycles. The third kappa shape index (κ3) is 2.60. The summed E-state index contributed by atoms with van der Waals surface area (Å²) in [5, 5.41) is 9.66. The van der Waals surface area contributed by atoms with E-state index in [2.05, 4.69) is 0 Å². The lowest BCUT2D eigenvalue weighted by Gasteiger charge is -2.15. The minimum atomic E-state index is 0.167. The Morgan fingerprint density at radius 3 is 2.88 bits per heavy atom. The first-order valence-corrected chi connectivity index (χ1v) is 5.89. The topological polar surface area (TPSA) is 55.5 Å². The molecule has 2 atom stereocenters. The van der Waals surface area contributed by atoms with E-state index in [1.807, 2.05) is 0 Å². The van der Waals surface area contributed by atoms with Crippen LogP contribution >= 0.6 is 11.6 Å². The Kier molecular flexibility index (Phi) is 3.56. The van der Waals surface area contributed by atoms with Gasteiger partial charge in [0.25, 0.3) is 0 Å². The lowest BCUT2D eigenvalue weighted by Crippen LogP contribution is -2.14. The second kappa shape index (κ2) is 4.93. The van der Waals surface area contributed by atoms with E-state index in [-0.39, 0.29) is 12.7 Å². The van der Waals surface area contributed by atoms with Gasteiger partial charge in [0.15, 0.2) is 0 Å². The molecular weight excluding hydrogens is 226 g/mol. The number of nitrogens with two attached hydrogens (primary N) is 1. The molecule has 4 heteroatoms. The van der Waals surface area contributed by atoms with Crippen molar-refractivity contribution in [1.29, 1.82) is 0 Å². The van der Waals surface area contributed by atoms with Crippen molar-refractivity contribution in [3.05, 3.63) is 23.2 Å². The van der Waals surface area contributed by atoms with Crippen molar-refractivity contribution in [3.63, 3.8) is 0 Å². The van der Waals surface area contributed by atoms with Crippen LogP contribution in [0.15, 0.2) is 18.2 Å². The Balaban J connectivity index is 1.99. The molecule has 0 unspecified atom stereocenters. The molecule has 1 saturated carbocycles. The van der Waals surface area contributed by atoms with E-state index in [0.29, 0.717) is 22.4 Å². The van der Waals surface area contributed by atoms with Crippen molar-refractivity contribution in [1.82, 2.24) is 0 Å². The van der Waals surface area contributed by atoms with E-state index >= 15 is 0 Å². The van der Waals surface area contributed by atoms with E-state index in [9.17, 15) is 0 Å². The van der Waals surface area contributed by atoms with Gasteiger partial charge in [-0.15, -0.1) is 0 Å². The molecule has 0 bridgehead atoms. The summed E-state index contributed by atoms with van der Waals surface area (Å²) in [6.07, 6.45) is 3.07. The lowest BCUT2D eigenvalue weighted by molar-refractivity contribution is 0.184.